The second-order valence-corrected chi connectivity index (χ2v) is 4.65. The molecule has 0 amide bonds. The largest absolute Gasteiger partial charge is 0.465 e. The maximum atomic E-state index is 11.6. The van der Waals surface area contributed by atoms with Gasteiger partial charge in [0.15, 0.2) is 0 Å². The average molecular weight is 279 g/mol. The van der Waals surface area contributed by atoms with Gasteiger partial charge in [-0.05, 0) is 37.7 Å². The van der Waals surface area contributed by atoms with E-state index in [0.29, 0.717) is 11.3 Å². The standard InChI is InChI=1S/C15H25N3O2/c1-4-9-18(5-2)10-8-17-12-6-7-14(16)13(11-12)15(19)20-3/h6-7,11,17H,4-5,8-10,16H2,1-3H3. The first-order valence-corrected chi connectivity index (χ1v) is 7.06. The molecule has 112 valence electrons. The molecule has 1 aromatic carbocycles. The molecule has 5 nitrogen and oxygen atoms in total. The van der Waals surface area contributed by atoms with Crippen LogP contribution < -0.4 is 11.1 Å². The van der Waals surface area contributed by atoms with E-state index in [-0.39, 0.29) is 0 Å². The quantitative estimate of drug-likeness (QED) is 0.564. The molecule has 0 aliphatic rings. The van der Waals surface area contributed by atoms with E-state index in [1.807, 2.05) is 6.07 Å². The van der Waals surface area contributed by atoms with Gasteiger partial charge in [0.2, 0.25) is 0 Å². The Bertz CT molecular complexity index is 435. The molecule has 0 radical (unpaired) electrons. The van der Waals surface area contributed by atoms with Crippen molar-refractivity contribution in [2.45, 2.75) is 20.3 Å². The number of methoxy groups -OCH3 is 1. The first-order valence-electron chi connectivity index (χ1n) is 7.06. The second-order valence-electron chi connectivity index (χ2n) is 4.65. The number of anilines is 2. The van der Waals surface area contributed by atoms with E-state index in [9.17, 15) is 4.79 Å². The van der Waals surface area contributed by atoms with Crippen molar-refractivity contribution in [1.82, 2.24) is 4.90 Å². The van der Waals surface area contributed by atoms with E-state index in [0.717, 1.165) is 38.3 Å². The van der Waals surface area contributed by atoms with Crippen molar-refractivity contribution in [2.24, 2.45) is 0 Å². The Kier molecular flexibility index (Phi) is 6.87. The van der Waals surface area contributed by atoms with E-state index >= 15 is 0 Å². The van der Waals surface area contributed by atoms with Crippen LogP contribution in [0.15, 0.2) is 18.2 Å². The number of nitrogens with one attached hydrogen (secondary N) is 1. The zero-order valence-electron chi connectivity index (χ0n) is 12.6. The molecule has 0 saturated carbocycles. The van der Waals surface area contributed by atoms with Crippen LogP contribution in [0.5, 0.6) is 0 Å². The first-order chi connectivity index (χ1) is 9.62. The van der Waals surface area contributed by atoms with Crippen LogP contribution in [0, 0.1) is 0 Å². The molecule has 0 aliphatic heterocycles. The molecule has 0 fully saturated rings. The van der Waals surface area contributed by atoms with E-state index in [1.165, 1.54) is 7.11 Å². The molecule has 0 bridgehead atoms. The van der Waals surface area contributed by atoms with Gasteiger partial charge in [0, 0.05) is 24.5 Å². The van der Waals surface area contributed by atoms with Gasteiger partial charge in [-0.25, -0.2) is 4.79 Å². The fourth-order valence-electron chi connectivity index (χ4n) is 2.06. The molecule has 5 heteroatoms. The van der Waals surface area contributed by atoms with Gasteiger partial charge in [0.05, 0.1) is 12.7 Å². The summed E-state index contributed by atoms with van der Waals surface area (Å²) >= 11 is 0. The predicted molar refractivity (Wildman–Crippen MR) is 83.1 cm³/mol. The Morgan fingerprint density at radius 2 is 2.10 bits per heavy atom. The summed E-state index contributed by atoms with van der Waals surface area (Å²) < 4.78 is 4.71. The van der Waals surface area contributed by atoms with E-state index in [1.54, 1.807) is 12.1 Å². The molecule has 1 aromatic rings. The van der Waals surface area contributed by atoms with Gasteiger partial charge in [0.25, 0.3) is 0 Å². The number of likely N-dealkylation sites (N-methyl/N-ethyl adjacent to an activating group) is 1. The number of benzene rings is 1. The summed E-state index contributed by atoms with van der Waals surface area (Å²) in [6.07, 6.45) is 1.15. The Balaban J connectivity index is 2.58. The minimum atomic E-state index is -0.410. The molecule has 3 N–H and O–H groups in total. The lowest BCUT2D eigenvalue weighted by atomic mass is 10.1. The zero-order valence-corrected chi connectivity index (χ0v) is 12.6. The summed E-state index contributed by atoms with van der Waals surface area (Å²) in [6, 6.07) is 5.33. The molecule has 0 saturated heterocycles. The third kappa shape index (κ3) is 4.74. The number of hydrogen-bond donors (Lipinski definition) is 2. The van der Waals surface area contributed by atoms with Crippen LogP contribution in [0.4, 0.5) is 11.4 Å². The molecular formula is C15H25N3O2. The molecule has 0 heterocycles. The molecule has 0 unspecified atom stereocenters. The Morgan fingerprint density at radius 1 is 1.35 bits per heavy atom. The summed E-state index contributed by atoms with van der Waals surface area (Å²) in [5.74, 6) is -0.410. The average Bonchev–Trinajstić information content (AvgIpc) is 2.47. The smallest absolute Gasteiger partial charge is 0.340 e. The van der Waals surface area contributed by atoms with Crippen LogP contribution in [-0.4, -0.2) is 44.2 Å². The Hall–Kier alpha value is -1.75. The van der Waals surface area contributed by atoms with Crippen LogP contribution in [0.1, 0.15) is 30.6 Å². The van der Waals surface area contributed by atoms with E-state index < -0.39 is 5.97 Å². The lowest BCUT2D eigenvalue weighted by Crippen LogP contribution is -2.29. The molecule has 0 atom stereocenters. The van der Waals surface area contributed by atoms with Gasteiger partial charge in [-0.2, -0.15) is 0 Å². The first kappa shape index (κ1) is 16.3. The maximum absolute atomic E-state index is 11.6. The molecule has 0 aliphatic carbocycles. The maximum Gasteiger partial charge on any atom is 0.340 e. The van der Waals surface area contributed by atoms with Crippen LogP contribution in [-0.2, 0) is 4.74 Å². The Labute approximate surface area is 121 Å². The van der Waals surface area contributed by atoms with Gasteiger partial charge >= 0.3 is 5.97 Å². The van der Waals surface area contributed by atoms with Crippen molar-refractivity contribution in [1.29, 1.82) is 0 Å². The number of nitrogen functional groups attached to an aromatic ring is 1. The normalized spacial score (nSPS) is 10.6. The summed E-state index contributed by atoms with van der Waals surface area (Å²) in [5.41, 5.74) is 7.48. The summed E-state index contributed by atoms with van der Waals surface area (Å²) in [7, 11) is 1.35. The topological polar surface area (TPSA) is 67.6 Å². The van der Waals surface area contributed by atoms with Crippen molar-refractivity contribution in [3.05, 3.63) is 23.8 Å². The summed E-state index contributed by atoms with van der Waals surface area (Å²) in [5, 5.41) is 3.31. The van der Waals surface area contributed by atoms with Crippen molar-refractivity contribution >= 4 is 17.3 Å². The number of nitrogens with two attached hydrogens (primary N) is 1. The van der Waals surface area contributed by atoms with Crippen LogP contribution in [0.25, 0.3) is 0 Å². The minimum Gasteiger partial charge on any atom is -0.465 e. The predicted octanol–water partition coefficient (Wildman–Crippen LogP) is 2.20. The SMILES string of the molecule is CCCN(CC)CCNc1ccc(N)c(C(=O)OC)c1. The number of hydrogen-bond acceptors (Lipinski definition) is 5. The highest BCUT2D eigenvalue weighted by Crippen LogP contribution is 2.18. The molecule has 0 spiro atoms. The van der Waals surface area contributed by atoms with Crippen molar-refractivity contribution in [3.63, 3.8) is 0 Å². The van der Waals surface area contributed by atoms with Crippen LogP contribution in [0.2, 0.25) is 0 Å². The number of carbonyl (C=O) groups is 1. The number of nitrogens with zero attached hydrogens (tertiary/aromatic N) is 1. The molecular weight excluding hydrogens is 254 g/mol. The van der Waals surface area contributed by atoms with Gasteiger partial charge in [-0.1, -0.05) is 13.8 Å². The van der Waals surface area contributed by atoms with Crippen molar-refractivity contribution < 1.29 is 9.53 Å². The monoisotopic (exact) mass is 279 g/mol. The highest BCUT2D eigenvalue weighted by atomic mass is 16.5. The minimum absolute atomic E-state index is 0.401. The molecule has 20 heavy (non-hydrogen) atoms. The molecule has 0 aromatic heterocycles. The highest BCUT2D eigenvalue weighted by molar-refractivity contribution is 5.96. The highest BCUT2D eigenvalue weighted by Gasteiger charge is 2.10. The second kappa shape index (κ2) is 8.43. The third-order valence-electron chi connectivity index (χ3n) is 3.20. The van der Waals surface area contributed by atoms with Crippen LogP contribution in [0.3, 0.4) is 0 Å². The number of carbonyl (C=O) groups excluding carboxylic acids is 1. The number of ether oxygens (including phenoxy) is 1. The summed E-state index contributed by atoms with van der Waals surface area (Å²) in [4.78, 5) is 13.9. The van der Waals surface area contributed by atoms with Gasteiger partial charge in [-0.15, -0.1) is 0 Å². The fourth-order valence-corrected chi connectivity index (χ4v) is 2.06. The zero-order chi connectivity index (χ0) is 15.0. The fraction of sp³-hybridized carbons (Fsp3) is 0.533. The summed E-state index contributed by atoms with van der Waals surface area (Å²) in [6.45, 7) is 8.30. The number of esters is 1. The van der Waals surface area contributed by atoms with Crippen molar-refractivity contribution in [3.8, 4) is 0 Å². The number of rotatable bonds is 8. The van der Waals surface area contributed by atoms with E-state index in [4.69, 9.17) is 10.5 Å². The van der Waals surface area contributed by atoms with Gasteiger partial charge in [0.1, 0.15) is 0 Å². The lowest BCUT2D eigenvalue weighted by molar-refractivity contribution is 0.0602. The Morgan fingerprint density at radius 3 is 2.70 bits per heavy atom. The van der Waals surface area contributed by atoms with Gasteiger partial charge < -0.3 is 20.7 Å². The molecule has 1 rings (SSSR count). The van der Waals surface area contributed by atoms with Gasteiger partial charge in [-0.3, -0.25) is 0 Å². The third-order valence-corrected chi connectivity index (χ3v) is 3.20. The van der Waals surface area contributed by atoms with Crippen molar-refractivity contribution in [2.75, 3.05) is 44.3 Å². The lowest BCUT2D eigenvalue weighted by Gasteiger charge is -2.20. The van der Waals surface area contributed by atoms with E-state index in [2.05, 4.69) is 24.1 Å². The van der Waals surface area contributed by atoms with Crippen LogP contribution >= 0.6 is 0 Å².